The zero-order valence-corrected chi connectivity index (χ0v) is 12.9. The fourth-order valence-electron chi connectivity index (χ4n) is 3.04. The summed E-state index contributed by atoms with van der Waals surface area (Å²) in [6.07, 6.45) is 2.97. The van der Waals surface area contributed by atoms with Gasteiger partial charge in [-0.05, 0) is 37.8 Å². The van der Waals surface area contributed by atoms with Gasteiger partial charge in [0.1, 0.15) is 0 Å². The molecule has 2 atom stereocenters. The van der Waals surface area contributed by atoms with Gasteiger partial charge in [0, 0.05) is 24.7 Å². The first-order chi connectivity index (χ1) is 11.0. The monoisotopic (exact) mass is 319 g/mol. The molecule has 0 spiro atoms. The second kappa shape index (κ2) is 6.64. The molecule has 1 aliphatic heterocycles. The molecule has 7 heteroatoms. The Morgan fingerprint density at radius 1 is 1.43 bits per heavy atom. The molecule has 2 unspecified atom stereocenters. The Hall–Kier alpha value is -1.99. The maximum atomic E-state index is 12.2. The number of β-amino-alcohol motifs (C(OH)–C–C–N with tert-alkyl or cyclic N) is 1. The summed E-state index contributed by atoms with van der Waals surface area (Å²) in [4.78, 5) is 24.6. The number of carbonyl (C=O) groups is 1. The number of aliphatic hydroxyl groups excluding tert-OH is 1. The molecule has 2 N–H and O–H groups in total. The summed E-state index contributed by atoms with van der Waals surface area (Å²) in [5.41, 5.74) is 0.471. The number of nitrogens with one attached hydrogen (secondary N) is 1. The van der Waals surface area contributed by atoms with E-state index in [0.717, 1.165) is 32.2 Å². The molecule has 1 aromatic rings. The summed E-state index contributed by atoms with van der Waals surface area (Å²) in [5, 5.41) is 24.2. The number of hydrogen-bond donors (Lipinski definition) is 2. The highest BCUT2D eigenvalue weighted by Crippen LogP contribution is 2.25. The van der Waals surface area contributed by atoms with Crippen LogP contribution in [0.3, 0.4) is 0 Å². The molecule has 2 aliphatic rings. The fourth-order valence-corrected chi connectivity index (χ4v) is 3.04. The molecule has 3 rings (SSSR count). The summed E-state index contributed by atoms with van der Waals surface area (Å²) in [5.74, 6) is 0.0382. The van der Waals surface area contributed by atoms with Crippen molar-refractivity contribution in [3.63, 3.8) is 0 Å². The first-order valence-electron chi connectivity index (χ1n) is 8.01. The summed E-state index contributed by atoms with van der Waals surface area (Å²) in [6.45, 7) is 1.07. The van der Waals surface area contributed by atoms with Crippen molar-refractivity contribution < 1.29 is 14.8 Å². The normalized spacial score (nSPS) is 22.7. The van der Waals surface area contributed by atoms with E-state index in [9.17, 15) is 20.0 Å². The average molecular weight is 319 g/mol. The van der Waals surface area contributed by atoms with Crippen molar-refractivity contribution in [3.8, 4) is 0 Å². The molecule has 1 saturated heterocycles. The number of amides is 1. The molecule has 1 amide bonds. The minimum atomic E-state index is -0.843. The molecule has 1 aliphatic carbocycles. The van der Waals surface area contributed by atoms with Crippen LogP contribution in [-0.2, 0) is 4.79 Å². The number of nitro groups is 1. The number of benzene rings is 1. The first kappa shape index (κ1) is 15.9. The topological polar surface area (TPSA) is 95.7 Å². The van der Waals surface area contributed by atoms with Crippen LogP contribution in [0, 0.1) is 10.1 Å². The molecule has 0 radical (unpaired) electrons. The van der Waals surface area contributed by atoms with E-state index < -0.39 is 11.0 Å². The molecular weight excluding hydrogens is 298 g/mol. The van der Waals surface area contributed by atoms with Gasteiger partial charge >= 0.3 is 0 Å². The van der Waals surface area contributed by atoms with Crippen molar-refractivity contribution in [2.24, 2.45) is 0 Å². The highest BCUT2D eigenvalue weighted by Gasteiger charge is 2.34. The minimum absolute atomic E-state index is 0.0361. The SMILES string of the molecule is O=C(NC1CC1)C1CCCN1CC(O)c1cccc([N+](=O)[O-])c1. The van der Waals surface area contributed by atoms with Gasteiger partial charge < -0.3 is 10.4 Å². The predicted octanol–water partition coefficient (Wildman–Crippen LogP) is 1.37. The van der Waals surface area contributed by atoms with Gasteiger partial charge in [0.15, 0.2) is 0 Å². The van der Waals surface area contributed by atoms with Crippen LogP contribution in [0.1, 0.15) is 37.4 Å². The van der Waals surface area contributed by atoms with E-state index in [1.807, 2.05) is 4.90 Å². The summed E-state index contributed by atoms with van der Waals surface area (Å²) < 4.78 is 0. The van der Waals surface area contributed by atoms with Gasteiger partial charge in [0.25, 0.3) is 5.69 Å². The maximum absolute atomic E-state index is 12.2. The van der Waals surface area contributed by atoms with E-state index in [1.165, 1.54) is 12.1 Å². The van der Waals surface area contributed by atoms with Crippen LogP contribution < -0.4 is 5.32 Å². The lowest BCUT2D eigenvalue weighted by Crippen LogP contribution is -2.45. The van der Waals surface area contributed by atoms with Gasteiger partial charge in [-0.15, -0.1) is 0 Å². The highest BCUT2D eigenvalue weighted by atomic mass is 16.6. The van der Waals surface area contributed by atoms with Crippen LogP contribution in [0.5, 0.6) is 0 Å². The van der Waals surface area contributed by atoms with E-state index >= 15 is 0 Å². The third kappa shape index (κ3) is 3.86. The van der Waals surface area contributed by atoms with E-state index in [4.69, 9.17) is 0 Å². The van der Waals surface area contributed by atoms with Crippen molar-refractivity contribution in [2.45, 2.75) is 43.9 Å². The van der Waals surface area contributed by atoms with E-state index in [-0.39, 0.29) is 17.6 Å². The largest absolute Gasteiger partial charge is 0.387 e. The third-order valence-electron chi connectivity index (χ3n) is 4.46. The molecule has 23 heavy (non-hydrogen) atoms. The summed E-state index contributed by atoms with van der Waals surface area (Å²) >= 11 is 0. The Morgan fingerprint density at radius 3 is 2.91 bits per heavy atom. The van der Waals surface area contributed by atoms with Crippen molar-refractivity contribution in [1.29, 1.82) is 0 Å². The number of non-ortho nitro benzene ring substituents is 1. The van der Waals surface area contributed by atoms with Crippen LogP contribution >= 0.6 is 0 Å². The predicted molar refractivity (Wildman–Crippen MR) is 83.8 cm³/mol. The quantitative estimate of drug-likeness (QED) is 0.610. The van der Waals surface area contributed by atoms with Gasteiger partial charge in [-0.1, -0.05) is 12.1 Å². The molecule has 7 nitrogen and oxygen atoms in total. The second-order valence-corrected chi connectivity index (χ2v) is 6.30. The zero-order chi connectivity index (χ0) is 16.4. The van der Waals surface area contributed by atoms with Crippen molar-refractivity contribution in [2.75, 3.05) is 13.1 Å². The summed E-state index contributed by atoms with van der Waals surface area (Å²) in [7, 11) is 0. The van der Waals surface area contributed by atoms with Crippen LogP contribution in [0.25, 0.3) is 0 Å². The summed E-state index contributed by atoms with van der Waals surface area (Å²) in [6, 6.07) is 6.15. The van der Waals surface area contributed by atoms with Gasteiger partial charge in [-0.3, -0.25) is 19.8 Å². The molecule has 0 bridgehead atoms. The van der Waals surface area contributed by atoms with Gasteiger partial charge in [0.2, 0.25) is 5.91 Å². The van der Waals surface area contributed by atoms with Crippen LogP contribution in [0.15, 0.2) is 24.3 Å². The molecule has 124 valence electrons. The molecule has 0 aromatic heterocycles. The lowest BCUT2D eigenvalue weighted by Gasteiger charge is -2.26. The third-order valence-corrected chi connectivity index (χ3v) is 4.46. The molecule has 1 heterocycles. The smallest absolute Gasteiger partial charge is 0.269 e. The zero-order valence-electron chi connectivity index (χ0n) is 12.9. The van der Waals surface area contributed by atoms with Gasteiger partial charge in [-0.2, -0.15) is 0 Å². The van der Waals surface area contributed by atoms with Crippen molar-refractivity contribution in [3.05, 3.63) is 39.9 Å². The number of aliphatic hydroxyl groups is 1. The van der Waals surface area contributed by atoms with Crippen LogP contribution in [-0.4, -0.2) is 46.0 Å². The number of hydrogen-bond acceptors (Lipinski definition) is 5. The van der Waals surface area contributed by atoms with Crippen molar-refractivity contribution in [1.82, 2.24) is 10.2 Å². The Labute approximate surface area is 134 Å². The highest BCUT2D eigenvalue weighted by molar-refractivity contribution is 5.82. The number of nitrogens with zero attached hydrogens (tertiary/aromatic N) is 2. The minimum Gasteiger partial charge on any atom is -0.387 e. The van der Waals surface area contributed by atoms with Crippen LogP contribution in [0.2, 0.25) is 0 Å². The number of rotatable bonds is 6. The Morgan fingerprint density at radius 2 is 2.22 bits per heavy atom. The number of carbonyl (C=O) groups excluding carboxylic acids is 1. The number of likely N-dealkylation sites (tertiary alicyclic amines) is 1. The molecule has 2 fully saturated rings. The average Bonchev–Trinajstić information content (AvgIpc) is 3.22. The Balaban J connectivity index is 1.63. The van der Waals surface area contributed by atoms with E-state index in [2.05, 4.69) is 5.32 Å². The van der Waals surface area contributed by atoms with Crippen molar-refractivity contribution >= 4 is 11.6 Å². The molecule has 1 aromatic carbocycles. The van der Waals surface area contributed by atoms with E-state index in [0.29, 0.717) is 18.2 Å². The first-order valence-corrected chi connectivity index (χ1v) is 8.01. The molecular formula is C16H21N3O4. The fraction of sp³-hybridized carbons (Fsp3) is 0.562. The molecule has 1 saturated carbocycles. The van der Waals surface area contributed by atoms with E-state index in [1.54, 1.807) is 12.1 Å². The number of nitro benzene ring substituents is 1. The maximum Gasteiger partial charge on any atom is 0.269 e. The Kier molecular flexibility index (Phi) is 4.58. The lowest BCUT2D eigenvalue weighted by molar-refractivity contribution is -0.385. The second-order valence-electron chi connectivity index (χ2n) is 6.30. The Bertz CT molecular complexity index is 603. The van der Waals surface area contributed by atoms with Crippen LogP contribution in [0.4, 0.5) is 5.69 Å². The standard InChI is InChI=1S/C16H21N3O4/c20-15(11-3-1-4-13(9-11)19(22)23)10-18-8-2-5-14(18)16(21)17-12-6-7-12/h1,3-4,9,12,14-15,20H,2,5-8,10H2,(H,17,21). The lowest BCUT2D eigenvalue weighted by atomic mass is 10.1. The van der Waals surface area contributed by atoms with Gasteiger partial charge in [0.05, 0.1) is 17.1 Å². The van der Waals surface area contributed by atoms with Gasteiger partial charge in [-0.25, -0.2) is 0 Å².